The van der Waals surface area contributed by atoms with Crippen LogP contribution in [0.2, 0.25) is 5.02 Å². The van der Waals surface area contributed by atoms with Crippen molar-refractivity contribution in [2.45, 2.75) is 78.6 Å². The molecule has 0 bridgehead atoms. The molecular weight excluding hydrogens is 884 g/mol. The van der Waals surface area contributed by atoms with Gasteiger partial charge in [0.1, 0.15) is 0 Å². The van der Waals surface area contributed by atoms with E-state index in [0.29, 0.717) is 0 Å². The first-order valence-electron chi connectivity index (χ1n) is 25.0. The van der Waals surface area contributed by atoms with Crippen LogP contribution >= 0.6 is 11.6 Å². The van der Waals surface area contributed by atoms with Crippen molar-refractivity contribution in [1.29, 1.82) is 0 Å². The van der Waals surface area contributed by atoms with Crippen molar-refractivity contribution in [3.8, 4) is 44.9 Å². The van der Waals surface area contributed by atoms with Crippen LogP contribution in [0.5, 0.6) is 0 Å². The van der Waals surface area contributed by atoms with E-state index in [1.165, 1.54) is 97.7 Å². The number of halogens is 1. The van der Waals surface area contributed by atoms with Crippen LogP contribution in [0.15, 0.2) is 182 Å². The Labute approximate surface area is 417 Å². The molecular formula is C66H57ClN2Si. The van der Waals surface area contributed by atoms with E-state index in [2.05, 4.69) is 253 Å². The first kappa shape index (κ1) is 43.1. The van der Waals surface area contributed by atoms with Crippen LogP contribution in [0.1, 0.15) is 79.0 Å². The second-order valence-corrected chi connectivity index (χ2v) is 27.1. The highest BCUT2D eigenvalue weighted by Gasteiger charge is 2.54. The number of nitrogens with zero attached hydrogens (tertiary/aromatic N) is 2. The van der Waals surface area contributed by atoms with Crippen molar-refractivity contribution in [2.24, 2.45) is 0 Å². The van der Waals surface area contributed by atoms with Gasteiger partial charge in [-0.1, -0.05) is 220 Å². The van der Waals surface area contributed by atoms with Gasteiger partial charge < -0.3 is 9.13 Å². The minimum atomic E-state index is -3.15. The van der Waals surface area contributed by atoms with E-state index in [4.69, 9.17) is 11.6 Å². The number of fused-ring (bicyclic) bond motifs is 14. The van der Waals surface area contributed by atoms with E-state index in [-0.39, 0.29) is 16.2 Å². The molecule has 1 atom stereocenters. The standard InChI is InChI=1S/C66H57ClN2Si/c1-64(2,3)44-29-31-52-49(36-44)50-37-46(66(7,8)9)39-58-62(50)69(52)63-56(70(58)55-27-19-18-26-47(55)48-30-28-45(38-57(48)70)65(4,5)6)33-32-53(60(63)67)68-54-35-43-25-17-16-24-42(43)34-51(54)59(40-20-12-10-13-21-40)61(68)41-22-14-11-15-23-41/h10-39H,1-9H3. The van der Waals surface area contributed by atoms with Crippen molar-refractivity contribution < 1.29 is 0 Å². The molecule has 2 aromatic heterocycles. The summed E-state index contributed by atoms with van der Waals surface area (Å²) in [5.74, 6) is 0. The molecule has 0 saturated carbocycles. The van der Waals surface area contributed by atoms with E-state index in [1.807, 2.05) is 0 Å². The molecule has 342 valence electrons. The van der Waals surface area contributed by atoms with E-state index in [0.717, 1.165) is 33.2 Å². The van der Waals surface area contributed by atoms with Crippen LogP contribution in [0, 0.1) is 0 Å². The zero-order valence-corrected chi connectivity index (χ0v) is 43.3. The molecule has 2 aliphatic heterocycles. The number of benzene rings is 9. The van der Waals surface area contributed by atoms with Crippen molar-refractivity contribution in [2.75, 3.05) is 0 Å². The fourth-order valence-electron chi connectivity index (χ4n) is 12.3. The van der Waals surface area contributed by atoms with Crippen LogP contribution < -0.4 is 20.7 Å². The maximum atomic E-state index is 8.61. The van der Waals surface area contributed by atoms with Gasteiger partial charge >= 0.3 is 0 Å². The Bertz CT molecular complexity index is 4000. The van der Waals surface area contributed by atoms with Crippen molar-refractivity contribution >= 4 is 83.9 Å². The number of hydrogen-bond donors (Lipinski definition) is 0. The van der Waals surface area contributed by atoms with Crippen LogP contribution in [-0.4, -0.2) is 17.2 Å². The second kappa shape index (κ2) is 14.8. The molecule has 1 spiro atoms. The summed E-state index contributed by atoms with van der Waals surface area (Å²) in [5, 5.41) is 12.6. The average molecular weight is 942 g/mol. The fraction of sp³-hybridized carbons (Fsp3) is 0.182. The molecule has 0 radical (unpaired) electrons. The van der Waals surface area contributed by atoms with Crippen LogP contribution in [0.3, 0.4) is 0 Å². The Morgan fingerprint density at radius 2 is 0.971 bits per heavy atom. The molecule has 4 heteroatoms. The van der Waals surface area contributed by atoms with Gasteiger partial charge in [0.25, 0.3) is 0 Å². The lowest BCUT2D eigenvalue weighted by Crippen LogP contribution is -2.75. The molecule has 0 aliphatic carbocycles. The predicted octanol–water partition coefficient (Wildman–Crippen LogP) is 15.4. The Hall–Kier alpha value is -6.91. The molecule has 9 aromatic carbocycles. The predicted molar refractivity (Wildman–Crippen MR) is 303 cm³/mol. The molecule has 11 aromatic rings. The van der Waals surface area contributed by atoms with Gasteiger partial charge in [-0.25, -0.2) is 0 Å². The highest BCUT2D eigenvalue weighted by Crippen LogP contribution is 2.49. The molecule has 0 saturated heterocycles. The Kier molecular flexibility index (Phi) is 9.12. The van der Waals surface area contributed by atoms with E-state index < -0.39 is 8.07 Å². The van der Waals surface area contributed by atoms with Crippen LogP contribution in [-0.2, 0) is 16.2 Å². The SMILES string of the molecule is CC(C)(C)c1ccc2c(c1)[Si]1(c3ccccc3-2)c2ccc(-n3c(-c4ccccc4)c(-c4ccccc4)c4cc5ccccc5cc43)c(Cl)c2-n2c3ccc(C(C)(C)C)cc3c3cc(C(C)(C)C)cc1c32. The summed E-state index contributed by atoms with van der Waals surface area (Å²) in [6.07, 6.45) is 0. The molecule has 2 aliphatic rings. The van der Waals surface area contributed by atoms with Gasteiger partial charge in [-0.2, -0.15) is 0 Å². The number of aromatic nitrogens is 2. The maximum absolute atomic E-state index is 8.61. The Morgan fingerprint density at radius 3 is 1.67 bits per heavy atom. The monoisotopic (exact) mass is 940 g/mol. The molecule has 0 fully saturated rings. The third kappa shape index (κ3) is 5.98. The lowest BCUT2D eigenvalue weighted by Gasteiger charge is -2.39. The van der Waals surface area contributed by atoms with E-state index in [1.54, 1.807) is 0 Å². The third-order valence-electron chi connectivity index (χ3n) is 15.8. The molecule has 0 amide bonds. The second-order valence-electron chi connectivity index (χ2n) is 23.1. The minimum absolute atomic E-state index is 0.0391. The molecule has 2 nitrogen and oxygen atoms in total. The zero-order chi connectivity index (χ0) is 48.2. The van der Waals surface area contributed by atoms with E-state index >= 15 is 0 Å². The minimum Gasteiger partial charge on any atom is -0.308 e. The normalized spacial score (nSPS) is 15.3. The van der Waals surface area contributed by atoms with Crippen molar-refractivity contribution in [3.05, 3.63) is 204 Å². The summed E-state index contributed by atoms with van der Waals surface area (Å²) in [6, 6.07) is 69.4. The van der Waals surface area contributed by atoms with Gasteiger partial charge in [-0.15, -0.1) is 0 Å². The Balaban J connectivity index is 1.26. The molecule has 70 heavy (non-hydrogen) atoms. The van der Waals surface area contributed by atoms with E-state index in [9.17, 15) is 0 Å². The van der Waals surface area contributed by atoms with Gasteiger partial charge in [0, 0.05) is 21.7 Å². The first-order valence-corrected chi connectivity index (χ1v) is 27.3. The zero-order valence-electron chi connectivity index (χ0n) is 41.6. The maximum Gasteiger partial charge on any atom is 0.185 e. The first-order chi connectivity index (χ1) is 33.5. The number of hydrogen-bond acceptors (Lipinski definition) is 0. The highest BCUT2D eigenvalue weighted by atomic mass is 35.5. The van der Waals surface area contributed by atoms with Crippen LogP contribution in [0.4, 0.5) is 0 Å². The molecule has 0 N–H and O–H groups in total. The smallest absolute Gasteiger partial charge is 0.185 e. The van der Waals surface area contributed by atoms with Crippen molar-refractivity contribution in [1.82, 2.24) is 9.13 Å². The van der Waals surface area contributed by atoms with Gasteiger partial charge in [-0.05, 0) is 123 Å². The van der Waals surface area contributed by atoms with Gasteiger partial charge in [0.2, 0.25) is 0 Å². The van der Waals surface area contributed by atoms with Gasteiger partial charge in [0.05, 0.1) is 38.6 Å². The topological polar surface area (TPSA) is 9.86 Å². The Morgan fingerprint density at radius 1 is 0.400 bits per heavy atom. The fourth-order valence-corrected chi connectivity index (χ4v) is 18.3. The highest BCUT2D eigenvalue weighted by molar-refractivity contribution is 7.23. The quantitative estimate of drug-likeness (QED) is 0.156. The molecule has 1 unspecified atom stereocenters. The third-order valence-corrected chi connectivity index (χ3v) is 21.1. The van der Waals surface area contributed by atoms with Gasteiger partial charge in [0.15, 0.2) is 8.07 Å². The summed E-state index contributed by atoms with van der Waals surface area (Å²) in [6.45, 7) is 21.2. The van der Waals surface area contributed by atoms with Crippen molar-refractivity contribution in [3.63, 3.8) is 0 Å². The average Bonchev–Trinajstić information content (AvgIpc) is 3.96. The van der Waals surface area contributed by atoms with Crippen LogP contribution in [0.25, 0.3) is 88.4 Å². The summed E-state index contributed by atoms with van der Waals surface area (Å²) in [7, 11) is -3.15. The largest absolute Gasteiger partial charge is 0.308 e. The summed E-state index contributed by atoms with van der Waals surface area (Å²) < 4.78 is 5.08. The number of rotatable bonds is 3. The van der Waals surface area contributed by atoms with Gasteiger partial charge in [-0.3, -0.25) is 0 Å². The summed E-state index contributed by atoms with van der Waals surface area (Å²) in [4.78, 5) is 0. The lowest BCUT2D eigenvalue weighted by atomic mass is 9.85. The molecule has 4 heterocycles. The molecule has 13 rings (SSSR count). The lowest BCUT2D eigenvalue weighted by molar-refractivity contribution is 0.590. The summed E-state index contributed by atoms with van der Waals surface area (Å²) in [5.41, 5.74) is 16.8. The summed E-state index contributed by atoms with van der Waals surface area (Å²) >= 11 is 8.61.